The van der Waals surface area contributed by atoms with Crippen molar-refractivity contribution in [1.29, 1.82) is 5.26 Å². The molecule has 2 heterocycles. The number of ether oxygens (including phenoxy) is 1. The second-order valence-corrected chi connectivity index (χ2v) is 8.69. The summed E-state index contributed by atoms with van der Waals surface area (Å²) >= 11 is 9.51. The van der Waals surface area contributed by atoms with Crippen molar-refractivity contribution < 1.29 is 14.3 Å². The number of nitrogens with one attached hydrogen (secondary N) is 2. The van der Waals surface area contributed by atoms with Gasteiger partial charge in [-0.2, -0.15) is 10.4 Å². The highest BCUT2D eigenvalue weighted by molar-refractivity contribution is 9.10. The fraction of sp³-hybridized carbons (Fsp3) is 0.227. The van der Waals surface area contributed by atoms with Crippen molar-refractivity contribution in [2.75, 3.05) is 17.2 Å². The summed E-state index contributed by atoms with van der Waals surface area (Å²) in [4.78, 5) is 29.7. The fourth-order valence-electron chi connectivity index (χ4n) is 2.89. The second kappa shape index (κ2) is 10.5. The van der Waals surface area contributed by atoms with Gasteiger partial charge in [-0.25, -0.2) is 14.5 Å². The summed E-state index contributed by atoms with van der Waals surface area (Å²) in [6.45, 7) is 5.76. The maximum Gasteiger partial charge on any atom is 0.411 e. The van der Waals surface area contributed by atoms with E-state index in [9.17, 15) is 14.9 Å². The lowest BCUT2D eigenvalue weighted by atomic mass is 10.1. The lowest BCUT2D eigenvalue weighted by Crippen LogP contribution is -2.21. The van der Waals surface area contributed by atoms with Gasteiger partial charge < -0.3 is 10.1 Å². The van der Waals surface area contributed by atoms with Crippen LogP contribution in [0.4, 0.5) is 16.2 Å². The van der Waals surface area contributed by atoms with Crippen molar-refractivity contribution in [1.82, 2.24) is 14.8 Å². The van der Waals surface area contributed by atoms with Gasteiger partial charge in [-0.15, -0.1) is 0 Å². The van der Waals surface area contributed by atoms with Crippen molar-refractivity contribution in [2.24, 2.45) is 5.92 Å². The molecule has 0 bridgehead atoms. The average Bonchev–Trinajstić information content (AvgIpc) is 3.16. The molecule has 0 aliphatic carbocycles. The van der Waals surface area contributed by atoms with Crippen LogP contribution in [-0.2, 0) is 4.74 Å². The van der Waals surface area contributed by atoms with Crippen LogP contribution in [0.5, 0.6) is 0 Å². The first kappa shape index (κ1) is 24.2. The Morgan fingerprint density at radius 1 is 1.30 bits per heavy atom. The number of rotatable bonds is 6. The molecule has 3 aromatic rings. The highest BCUT2D eigenvalue weighted by atomic mass is 79.9. The zero-order valence-corrected chi connectivity index (χ0v) is 20.4. The van der Waals surface area contributed by atoms with Gasteiger partial charge >= 0.3 is 6.09 Å². The number of hydrogen-bond acceptors (Lipinski definition) is 6. The predicted molar refractivity (Wildman–Crippen MR) is 128 cm³/mol. The zero-order valence-electron chi connectivity index (χ0n) is 18.0. The van der Waals surface area contributed by atoms with Crippen molar-refractivity contribution >= 4 is 50.9 Å². The minimum Gasteiger partial charge on any atom is -0.449 e. The molecule has 0 spiro atoms. The van der Waals surface area contributed by atoms with Crippen LogP contribution in [0.15, 0.2) is 41.1 Å². The Hall–Kier alpha value is -3.42. The van der Waals surface area contributed by atoms with Gasteiger partial charge in [0.05, 0.1) is 34.6 Å². The van der Waals surface area contributed by atoms with Crippen LogP contribution < -0.4 is 10.6 Å². The molecule has 2 N–H and O–H groups in total. The zero-order chi connectivity index (χ0) is 24.1. The van der Waals surface area contributed by atoms with Crippen LogP contribution in [0.3, 0.4) is 0 Å². The lowest BCUT2D eigenvalue weighted by molar-refractivity contribution is 0.101. The highest BCUT2D eigenvalue weighted by Crippen LogP contribution is 2.29. The number of carbonyl (C=O) groups is 2. The molecule has 0 atom stereocenters. The molecular formula is C22H20BrClN6O3. The largest absolute Gasteiger partial charge is 0.449 e. The molecule has 9 nitrogen and oxygen atoms in total. The summed E-state index contributed by atoms with van der Waals surface area (Å²) in [6.07, 6.45) is 0.843. The van der Waals surface area contributed by atoms with Crippen LogP contribution in [0, 0.1) is 24.2 Å². The molecular weight excluding hydrogens is 512 g/mol. The van der Waals surface area contributed by atoms with Crippen LogP contribution in [-0.4, -0.2) is 33.4 Å². The molecule has 0 unspecified atom stereocenters. The monoisotopic (exact) mass is 530 g/mol. The highest BCUT2D eigenvalue weighted by Gasteiger charge is 2.21. The number of halogens is 2. The standard InChI is InChI=1S/C22H20BrClN6O3/c1-12(2)11-33-22(32)27-16-8-14(10-25)7-13(3)19(16)28-21(31)17-9-18(23)29-30(17)20-15(24)5-4-6-26-20/h4-9,12H,11H2,1-3H3,(H,27,32)(H,28,31). The number of aromatic nitrogens is 3. The number of nitriles is 1. The summed E-state index contributed by atoms with van der Waals surface area (Å²) in [5.41, 5.74) is 1.59. The summed E-state index contributed by atoms with van der Waals surface area (Å²) in [5.74, 6) is -0.0947. The van der Waals surface area contributed by atoms with Gasteiger partial charge in [0.25, 0.3) is 5.91 Å². The molecule has 0 radical (unpaired) electrons. The Labute approximate surface area is 203 Å². The van der Waals surface area contributed by atoms with E-state index in [1.54, 1.807) is 25.1 Å². The molecule has 0 saturated carbocycles. The first-order valence-electron chi connectivity index (χ1n) is 9.86. The SMILES string of the molecule is Cc1cc(C#N)cc(NC(=O)OCC(C)C)c1NC(=O)c1cc(Br)nn1-c1ncccc1Cl. The maximum atomic E-state index is 13.2. The molecule has 11 heteroatoms. The Morgan fingerprint density at radius 3 is 2.73 bits per heavy atom. The van der Waals surface area contributed by atoms with Crippen LogP contribution in [0.25, 0.3) is 5.82 Å². The van der Waals surface area contributed by atoms with Crippen molar-refractivity contribution in [3.05, 3.63) is 63.0 Å². The Balaban J connectivity index is 1.95. The van der Waals surface area contributed by atoms with Gasteiger partial charge in [-0.05, 0) is 58.6 Å². The van der Waals surface area contributed by atoms with E-state index in [0.717, 1.165) is 0 Å². The third kappa shape index (κ3) is 5.88. The number of nitrogens with zero attached hydrogens (tertiary/aromatic N) is 4. The fourth-order valence-corrected chi connectivity index (χ4v) is 3.47. The third-order valence-electron chi connectivity index (χ3n) is 4.34. The quantitative estimate of drug-likeness (QED) is 0.444. The van der Waals surface area contributed by atoms with Gasteiger partial charge in [-0.1, -0.05) is 25.4 Å². The number of amides is 2. The van der Waals surface area contributed by atoms with Crippen molar-refractivity contribution in [3.63, 3.8) is 0 Å². The summed E-state index contributed by atoms with van der Waals surface area (Å²) in [6, 6.07) is 9.92. The van der Waals surface area contributed by atoms with Gasteiger partial charge in [0.1, 0.15) is 10.3 Å². The molecule has 3 rings (SSSR count). The predicted octanol–water partition coefficient (Wildman–Crippen LogP) is 5.32. The van der Waals surface area contributed by atoms with E-state index in [-0.39, 0.29) is 29.7 Å². The Morgan fingerprint density at radius 2 is 2.06 bits per heavy atom. The molecule has 0 aliphatic rings. The van der Waals surface area contributed by atoms with Crippen LogP contribution in [0.2, 0.25) is 5.02 Å². The molecule has 33 heavy (non-hydrogen) atoms. The summed E-state index contributed by atoms with van der Waals surface area (Å²) < 4.78 is 6.88. The molecule has 0 saturated heterocycles. The number of benzene rings is 1. The number of pyridine rings is 1. The van der Waals surface area contributed by atoms with E-state index in [1.165, 1.54) is 23.0 Å². The minimum absolute atomic E-state index is 0.152. The summed E-state index contributed by atoms with van der Waals surface area (Å²) in [5, 5.41) is 19.3. The molecule has 0 fully saturated rings. The molecule has 0 aliphatic heterocycles. The van der Waals surface area contributed by atoms with E-state index in [1.807, 2.05) is 19.9 Å². The van der Waals surface area contributed by atoms with Crippen molar-refractivity contribution in [2.45, 2.75) is 20.8 Å². The number of aryl methyl sites for hydroxylation is 1. The summed E-state index contributed by atoms with van der Waals surface area (Å²) in [7, 11) is 0. The molecule has 1 aromatic carbocycles. The normalized spacial score (nSPS) is 10.6. The molecule has 2 amide bonds. The minimum atomic E-state index is -0.693. The van der Waals surface area contributed by atoms with Gasteiger partial charge in [-0.3, -0.25) is 10.1 Å². The second-order valence-electron chi connectivity index (χ2n) is 7.47. The van der Waals surface area contributed by atoms with E-state index >= 15 is 0 Å². The van der Waals surface area contributed by atoms with E-state index < -0.39 is 12.0 Å². The first-order valence-corrected chi connectivity index (χ1v) is 11.0. The van der Waals surface area contributed by atoms with Gasteiger partial charge in [0, 0.05) is 12.3 Å². The molecule has 170 valence electrons. The van der Waals surface area contributed by atoms with Gasteiger partial charge in [0.2, 0.25) is 0 Å². The molecule has 2 aromatic heterocycles. The third-order valence-corrected chi connectivity index (χ3v) is 5.02. The topological polar surface area (TPSA) is 122 Å². The van der Waals surface area contributed by atoms with Crippen molar-refractivity contribution in [3.8, 4) is 11.9 Å². The number of hydrogen-bond donors (Lipinski definition) is 2. The van der Waals surface area contributed by atoms with Crippen LogP contribution in [0.1, 0.15) is 35.5 Å². The smallest absolute Gasteiger partial charge is 0.411 e. The van der Waals surface area contributed by atoms with Crippen LogP contribution >= 0.6 is 27.5 Å². The van der Waals surface area contributed by atoms with E-state index in [2.05, 4.69) is 36.6 Å². The number of carbonyl (C=O) groups excluding carboxylic acids is 2. The number of anilines is 2. The lowest BCUT2D eigenvalue weighted by Gasteiger charge is -2.16. The average molecular weight is 532 g/mol. The van der Waals surface area contributed by atoms with Gasteiger partial charge in [0.15, 0.2) is 5.82 Å². The van der Waals surface area contributed by atoms with E-state index in [4.69, 9.17) is 16.3 Å². The Kier molecular flexibility index (Phi) is 7.68. The Bertz CT molecular complexity index is 1250. The first-order chi connectivity index (χ1) is 15.7. The van der Waals surface area contributed by atoms with E-state index in [0.29, 0.717) is 26.4 Å². The maximum absolute atomic E-state index is 13.2.